The van der Waals surface area contributed by atoms with E-state index in [1.54, 1.807) is 25.1 Å². The minimum atomic E-state index is -0.848. The molecule has 1 amide bonds. The minimum Gasteiger partial charge on any atom is -0.481 e. The molecule has 1 aromatic heterocycles. The first kappa shape index (κ1) is 29.1. The molecule has 8 nitrogen and oxygen atoms in total. The highest BCUT2D eigenvalue weighted by molar-refractivity contribution is 8.26. The molecule has 0 bridgehead atoms. The van der Waals surface area contributed by atoms with Gasteiger partial charge in [0.2, 0.25) is 0 Å². The number of benzene rings is 1. The number of amides is 1. The first-order chi connectivity index (χ1) is 18.2. The number of thiocarbonyl (C=S) groups is 1. The van der Waals surface area contributed by atoms with E-state index in [1.165, 1.54) is 21.6 Å². The molecule has 38 heavy (non-hydrogen) atoms. The molecule has 1 saturated heterocycles. The van der Waals surface area contributed by atoms with Crippen LogP contribution in [0.1, 0.15) is 61.3 Å². The summed E-state index contributed by atoms with van der Waals surface area (Å²) in [7, 11) is 0. The van der Waals surface area contributed by atoms with E-state index in [2.05, 4.69) is 5.32 Å². The van der Waals surface area contributed by atoms with E-state index in [0.29, 0.717) is 71.5 Å². The van der Waals surface area contributed by atoms with Gasteiger partial charge in [0, 0.05) is 31.6 Å². The van der Waals surface area contributed by atoms with Gasteiger partial charge in [-0.2, -0.15) is 5.26 Å². The molecular formula is C27H29FN4O4S2. The lowest BCUT2D eigenvalue weighted by atomic mass is 10.0. The fraction of sp³-hybridized carbons (Fsp3) is 0.370. The van der Waals surface area contributed by atoms with Crippen molar-refractivity contribution in [1.82, 2.24) is 9.47 Å². The van der Waals surface area contributed by atoms with Gasteiger partial charge in [0.15, 0.2) is 0 Å². The summed E-state index contributed by atoms with van der Waals surface area (Å²) in [6.45, 7) is 4.64. The third-order valence-corrected chi connectivity index (χ3v) is 7.49. The fourth-order valence-electron chi connectivity index (χ4n) is 4.13. The lowest BCUT2D eigenvalue weighted by Crippen LogP contribution is -2.29. The van der Waals surface area contributed by atoms with Gasteiger partial charge in [-0.25, -0.2) is 4.39 Å². The number of carboxylic acids is 1. The van der Waals surface area contributed by atoms with E-state index in [-0.39, 0.29) is 23.7 Å². The number of carbonyl (C=O) groups excluding carboxylic acids is 1. The molecule has 0 unspecified atom stereocenters. The average molecular weight is 557 g/mol. The van der Waals surface area contributed by atoms with Gasteiger partial charge in [0.25, 0.3) is 11.5 Å². The molecule has 3 rings (SSSR count). The van der Waals surface area contributed by atoms with Crippen LogP contribution < -0.4 is 10.9 Å². The molecular weight excluding hydrogens is 527 g/mol. The number of anilines is 1. The average Bonchev–Trinajstić information content (AvgIpc) is 3.14. The van der Waals surface area contributed by atoms with Crippen molar-refractivity contribution in [3.8, 4) is 6.07 Å². The second kappa shape index (κ2) is 13.3. The lowest BCUT2D eigenvalue weighted by molar-refractivity contribution is -0.137. The van der Waals surface area contributed by atoms with Gasteiger partial charge < -0.3 is 10.4 Å². The number of nitrogens with one attached hydrogen (secondary N) is 1. The summed E-state index contributed by atoms with van der Waals surface area (Å²) in [5.41, 5.74) is 1.37. The van der Waals surface area contributed by atoms with E-state index in [0.717, 1.165) is 17.3 Å². The van der Waals surface area contributed by atoms with Crippen molar-refractivity contribution in [3.05, 3.63) is 67.6 Å². The molecule has 0 spiro atoms. The molecule has 200 valence electrons. The Bertz CT molecular complexity index is 1360. The van der Waals surface area contributed by atoms with Crippen molar-refractivity contribution in [2.75, 3.05) is 11.9 Å². The third-order valence-electron chi connectivity index (χ3n) is 6.12. The summed E-state index contributed by atoms with van der Waals surface area (Å²) >= 11 is 6.59. The number of carboxylic acid groups (broad SMARTS) is 1. The standard InChI is InChI=1S/C27H29FN4O4S2/c1-3-12-31-24(30-16-18-8-10-19(28)11-9-18)20(17(2)21(15-29)25(31)35)14-22-26(36)32(27(37)38-22)13-6-4-5-7-23(33)34/h8-11,14,30H,3-7,12-13,16H2,1-2H3,(H,33,34)/b22-14+. The lowest BCUT2D eigenvalue weighted by Gasteiger charge is -2.20. The topological polar surface area (TPSA) is 115 Å². The molecule has 0 radical (unpaired) electrons. The molecule has 0 aliphatic carbocycles. The van der Waals surface area contributed by atoms with Gasteiger partial charge in [0.1, 0.15) is 27.6 Å². The number of carbonyl (C=O) groups is 2. The highest BCUT2D eigenvalue weighted by atomic mass is 32.2. The molecule has 1 aliphatic rings. The Hall–Kier alpha value is -3.49. The number of aliphatic carboxylic acids is 1. The smallest absolute Gasteiger partial charge is 0.303 e. The van der Waals surface area contributed by atoms with Crippen LogP contribution in [-0.4, -0.2) is 37.3 Å². The van der Waals surface area contributed by atoms with Crippen molar-refractivity contribution in [3.63, 3.8) is 0 Å². The Morgan fingerprint density at radius 2 is 1.92 bits per heavy atom. The predicted molar refractivity (Wildman–Crippen MR) is 150 cm³/mol. The third kappa shape index (κ3) is 6.88. The minimum absolute atomic E-state index is 0.00550. The molecule has 1 fully saturated rings. The molecule has 11 heteroatoms. The monoisotopic (exact) mass is 556 g/mol. The van der Waals surface area contributed by atoms with Gasteiger partial charge >= 0.3 is 5.97 Å². The van der Waals surface area contributed by atoms with Crippen LogP contribution in [-0.2, 0) is 22.7 Å². The number of halogens is 1. The zero-order chi connectivity index (χ0) is 27.8. The molecule has 1 aliphatic heterocycles. The molecule has 0 atom stereocenters. The molecule has 2 aromatic rings. The number of thioether (sulfide) groups is 1. The Morgan fingerprint density at radius 1 is 1.21 bits per heavy atom. The van der Waals surface area contributed by atoms with E-state index in [4.69, 9.17) is 17.3 Å². The molecule has 2 heterocycles. The maximum Gasteiger partial charge on any atom is 0.303 e. The first-order valence-corrected chi connectivity index (χ1v) is 13.5. The molecule has 0 saturated carbocycles. The van der Waals surface area contributed by atoms with Crippen molar-refractivity contribution < 1.29 is 19.1 Å². The second-order valence-corrected chi connectivity index (χ2v) is 10.5. The van der Waals surface area contributed by atoms with Crippen molar-refractivity contribution in [1.29, 1.82) is 5.26 Å². The molecule has 2 N–H and O–H groups in total. The maximum atomic E-state index is 13.4. The van der Waals surface area contributed by atoms with Crippen LogP contribution in [0.5, 0.6) is 0 Å². The Balaban J connectivity index is 1.96. The Kier molecular flexibility index (Phi) is 10.2. The second-order valence-electron chi connectivity index (χ2n) is 8.85. The van der Waals surface area contributed by atoms with Crippen LogP contribution in [0.15, 0.2) is 34.0 Å². The summed E-state index contributed by atoms with van der Waals surface area (Å²) in [6.07, 6.45) is 4.20. The Morgan fingerprint density at radius 3 is 2.55 bits per heavy atom. The molecule has 1 aromatic carbocycles. The zero-order valence-electron chi connectivity index (χ0n) is 21.3. The van der Waals surface area contributed by atoms with Crippen LogP contribution in [0.2, 0.25) is 0 Å². The number of rotatable bonds is 12. The summed E-state index contributed by atoms with van der Waals surface area (Å²) < 4.78 is 15.3. The number of hydrogen-bond donors (Lipinski definition) is 2. The number of pyridine rings is 1. The van der Waals surface area contributed by atoms with E-state index >= 15 is 0 Å². The van der Waals surface area contributed by atoms with Crippen LogP contribution >= 0.6 is 24.0 Å². The number of nitriles is 1. The van der Waals surface area contributed by atoms with Gasteiger partial charge in [-0.3, -0.25) is 23.9 Å². The van der Waals surface area contributed by atoms with Gasteiger partial charge in [-0.15, -0.1) is 0 Å². The quantitative estimate of drug-likeness (QED) is 0.212. The number of nitrogens with zero attached hydrogens (tertiary/aromatic N) is 3. The van der Waals surface area contributed by atoms with E-state index < -0.39 is 11.5 Å². The largest absolute Gasteiger partial charge is 0.481 e. The highest BCUT2D eigenvalue weighted by Crippen LogP contribution is 2.35. The number of hydrogen-bond acceptors (Lipinski definition) is 7. The van der Waals surface area contributed by atoms with Crippen LogP contribution in [0.25, 0.3) is 6.08 Å². The van der Waals surface area contributed by atoms with Crippen LogP contribution in [0.3, 0.4) is 0 Å². The summed E-state index contributed by atoms with van der Waals surface area (Å²) in [5.74, 6) is -1.00. The van der Waals surface area contributed by atoms with E-state index in [9.17, 15) is 24.0 Å². The number of unbranched alkanes of at least 4 members (excludes halogenated alkanes) is 2. The maximum absolute atomic E-state index is 13.4. The normalized spacial score (nSPS) is 14.3. The highest BCUT2D eigenvalue weighted by Gasteiger charge is 2.32. The number of aromatic nitrogens is 1. The van der Waals surface area contributed by atoms with Gasteiger partial charge in [0.05, 0.1) is 4.91 Å². The fourth-order valence-corrected chi connectivity index (χ4v) is 5.42. The van der Waals surface area contributed by atoms with Crippen LogP contribution in [0.4, 0.5) is 10.2 Å². The van der Waals surface area contributed by atoms with Crippen molar-refractivity contribution in [2.45, 2.75) is 59.0 Å². The van der Waals surface area contributed by atoms with Gasteiger partial charge in [-0.1, -0.05) is 49.5 Å². The SMILES string of the molecule is CCCn1c(NCc2ccc(F)cc2)c(/C=C2/SC(=S)N(CCCCCC(=O)O)C2=O)c(C)c(C#N)c1=O. The predicted octanol–water partition coefficient (Wildman–Crippen LogP) is 5.04. The Labute approximate surface area is 230 Å². The van der Waals surface area contributed by atoms with Crippen molar-refractivity contribution >= 4 is 52.1 Å². The zero-order valence-corrected chi connectivity index (χ0v) is 22.9. The summed E-state index contributed by atoms with van der Waals surface area (Å²) in [5, 5.41) is 21.8. The first-order valence-electron chi connectivity index (χ1n) is 12.3. The summed E-state index contributed by atoms with van der Waals surface area (Å²) in [6, 6.07) is 8.00. The van der Waals surface area contributed by atoms with Gasteiger partial charge in [-0.05, 0) is 55.5 Å². The van der Waals surface area contributed by atoms with Crippen LogP contribution in [0, 0.1) is 24.1 Å². The summed E-state index contributed by atoms with van der Waals surface area (Å²) in [4.78, 5) is 39.0. The van der Waals surface area contributed by atoms with Crippen molar-refractivity contribution in [2.24, 2.45) is 0 Å². The van der Waals surface area contributed by atoms with E-state index in [1.807, 2.05) is 13.0 Å².